The molecule has 5 heteroatoms. The van der Waals surface area contributed by atoms with Crippen LogP contribution < -0.4 is 5.32 Å². The van der Waals surface area contributed by atoms with Crippen LogP contribution in [-0.4, -0.2) is 26.5 Å². The van der Waals surface area contributed by atoms with Gasteiger partial charge in [0.2, 0.25) is 0 Å². The topological polar surface area (TPSA) is 46.2 Å². The Hall–Kier alpha value is -0.140. The third-order valence-electron chi connectivity index (χ3n) is 3.30. The lowest BCUT2D eigenvalue weighted by molar-refractivity contribution is 0.492. The van der Waals surface area contributed by atoms with Gasteiger partial charge in [-0.2, -0.15) is 0 Å². The second-order valence-electron chi connectivity index (χ2n) is 4.94. The molecule has 1 rings (SSSR count). The van der Waals surface area contributed by atoms with Gasteiger partial charge in [0.15, 0.2) is 0 Å². The predicted octanol–water partition coefficient (Wildman–Crippen LogP) is 3.55. The average molecular weight is 409 g/mol. The molecule has 1 aromatic carbocycles. The van der Waals surface area contributed by atoms with Gasteiger partial charge in [0.05, 0.1) is 5.75 Å². The lowest BCUT2D eigenvalue weighted by Gasteiger charge is -2.19. The molecule has 0 saturated carbocycles. The van der Waals surface area contributed by atoms with Crippen LogP contribution >= 0.6 is 22.6 Å². The number of hydrogen-bond acceptors (Lipinski definition) is 3. The zero-order valence-corrected chi connectivity index (χ0v) is 15.2. The molecule has 0 aliphatic heterocycles. The maximum absolute atomic E-state index is 11.6. The van der Waals surface area contributed by atoms with Crippen LogP contribution in [0.15, 0.2) is 24.3 Å². The molecule has 1 atom stereocenters. The molecule has 0 bridgehead atoms. The zero-order chi connectivity index (χ0) is 15.0. The first-order valence-corrected chi connectivity index (χ1v) is 10.1. The Morgan fingerprint density at radius 1 is 1.20 bits per heavy atom. The van der Waals surface area contributed by atoms with E-state index in [0.717, 1.165) is 19.4 Å². The van der Waals surface area contributed by atoms with Gasteiger partial charge in [-0.3, -0.25) is 0 Å². The number of benzene rings is 1. The van der Waals surface area contributed by atoms with Crippen molar-refractivity contribution in [1.82, 2.24) is 5.32 Å². The minimum atomic E-state index is -2.85. The van der Waals surface area contributed by atoms with Gasteiger partial charge in [-0.1, -0.05) is 26.0 Å². The molecule has 0 amide bonds. The van der Waals surface area contributed by atoms with Gasteiger partial charge in [-0.15, -0.1) is 0 Å². The Balaban J connectivity index is 2.62. The van der Waals surface area contributed by atoms with Gasteiger partial charge in [0.25, 0.3) is 0 Å². The van der Waals surface area contributed by atoms with E-state index >= 15 is 0 Å². The average Bonchev–Trinajstić information content (AvgIpc) is 2.43. The standard InChI is InChI=1S/C15H24INO2S/c1-3-11-17-15(6-5-12-20(18,19)4-2)13-7-9-14(16)10-8-13/h7-10,15,17H,3-6,11-12H2,1-2H3. The summed E-state index contributed by atoms with van der Waals surface area (Å²) in [4.78, 5) is 0. The van der Waals surface area contributed by atoms with Crippen LogP contribution in [0.4, 0.5) is 0 Å². The molecular formula is C15H24INO2S. The monoisotopic (exact) mass is 409 g/mol. The van der Waals surface area contributed by atoms with Crippen molar-refractivity contribution in [3.63, 3.8) is 0 Å². The van der Waals surface area contributed by atoms with E-state index in [0.29, 0.717) is 6.42 Å². The minimum absolute atomic E-state index is 0.240. The summed E-state index contributed by atoms with van der Waals surface area (Å²) >= 11 is 2.29. The molecule has 0 aliphatic carbocycles. The molecule has 0 fully saturated rings. The van der Waals surface area contributed by atoms with Crippen LogP contribution in [0.3, 0.4) is 0 Å². The lowest BCUT2D eigenvalue weighted by Crippen LogP contribution is -2.23. The molecule has 1 aromatic rings. The Bertz CT molecular complexity index is 485. The highest BCUT2D eigenvalue weighted by Gasteiger charge is 2.13. The normalized spacial score (nSPS) is 13.3. The first-order chi connectivity index (χ1) is 9.48. The van der Waals surface area contributed by atoms with Crippen molar-refractivity contribution >= 4 is 32.4 Å². The van der Waals surface area contributed by atoms with E-state index in [1.165, 1.54) is 9.13 Å². The Labute approximate surface area is 136 Å². The fraction of sp³-hybridized carbons (Fsp3) is 0.600. The first kappa shape index (κ1) is 17.9. The fourth-order valence-corrected chi connectivity index (χ4v) is 3.31. The highest BCUT2D eigenvalue weighted by molar-refractivity contribution is 14.1. The van der Waals surface area contributed by atoms with Gasteiger partial charge in [-0.05, 0) is 66.1 Å². The van der Waals surface area contributed by atoms with Crippen LogP contribution in [0.2, 0.25) is 0 Å². The summed E-state index contributed by atoms with van der Waals surface area (Å²) in [6.07, 6.45) is 2.65. The zero-order valence-electron chi connectivity index (χ0n) is 12.2. The van der Waals surface area contributed by atoms with Crippen LogP contribution in [0.25, 0.3) is 0 Å². The summed E-state index contributed by atoms with van der Waals surface area (Å²) in [5, 5.41) is 3.51. The number of halogens is 1. The first-order valence-electron chi connectivity index (χ1n) is 7.17. The number of rotatable bonds is 9. The predicted molar refractivity (Wildman–Crippen MR) is 93.8 cm³/mol. The summed E-state index contributed by atoms with van der Waals surface area (Å²) in [6, 6.07) is 8.70. The van der Waals surface area contributed by atoms with E-state index in [1.54, 1.807) is 6.92 Å². The van der Waals surface area contributed by atoms with Crippen molar-refractivity contribution in [2.45, 2.75) is 39.2 Å². The molecule has 0 radical (unpaired) electrons. The largest absolute Gasteiger partial charge is 0.310 e. The molecule has 0 heterocycles. The van der Waals surface area contributed by atoms with Crippen molar-refractivity contribution in [2.75, 3.05) is 18.1 Å². The van der Waals surface area contributed by atoms with E-state index in [2.05, 4.69) is 59.1 Å². The second kappa shape index (κ2) is 9.00. The van der Waals surface area contributed by atoms with E-state index in [1.807, 2.05) is 0 Å². The van der Waals surface area contributed by atoms with Crippen LogP contribution in [-0.2, 0) is 9.84 Å². The van der Waals surface area contributed by atoms with Crippen LogP contribution in [0.1, 0.15) is 44.7 Å². The number of hydrogen-bond donors (Lipinski definition) is 1. The molecule has 3 nitrogen and oxygen atoms in total. The molecule has 114 valence electrons. The van der Waals surface area contributed by atoms with Gasteiger partial charge < -0.3 is 5.32 Å². The van der Waals surface area contributed by atoms with E-state index in [-0.39, 0.29) is 17.5 Å². The second-order valence-corrected chi connectivity index (χ2v) is 8.66. The minimum Gasteiger partial charge on any atom is -0.310 e. The molecule has 0 aromatic heterocycles. The van der Waals surface area contributed by atoms with Gasteiger partial charge in [-0.25, -0.2) is 8.42 Å². The maximum atomic E-state index is 11.6. The van der Waals surface area contributed by atoms with Crippen molar-refractivity contribution in [3.8, 4) is 0 Å². The van der Waals surface area contributed by atoms with Crippen molar-refractivity contribution in [1.29, 1.82) is 0 Å². The van der Waals surface area contributed by atoms with Gasteiger partial charge >= 0.3 is 0 Å². The summed E-state index contributed by atoms with van der Waals surface area (Å²) in [5.74, 6) is 0.530. The van der Waals surface area contributed by atoms with E-state index < -0.39 is 9.84 Å². The van der Waals surface area contributed by atoms with Gasteiger partial charge in [0, 0.05) is 15.4 Å². The van der Waals surface area contributed by atoms with E-state index in [4.69, 9.17) is 0 Å². The number of sulfone groups is 1. The van der Waals surface area contributed by atoms with Crippen molar-refractivity contribution in [3.05, 3.63) is 33.4 Å². The smallest absolute Gasteiger partial charge is 0.150 e. The van der Waals surface area contributed by atoms with Crippen LogP contribution in [0.5, 0.6) is 0 Å². The number of nitrogens with one attached hydrogen (secondary N) is 1. The molecule has 0 saturated heterocycles. The third-order valence-corrected chi connectivity index (χ3v) is 5.81. The Kier molecular flexibility index (Phi) is 8.06. The molecule has 0 aliphatic rings. The SMILES string of the molecule is CCCNC(CCCS(=O)(=O)CC)c1ccc(I)cc1. The molecule has 0 spiro atoms. The molecule has 1 unspecified atom stereocenters. The lowest BCUT2D eigenvalue weighted by atomic mass is 10.0. The Morgan fingerprint density at radius 2 is 1.85 bits per heavy atom. The molecule has 20 heavy (non-hydrogen) atoms. The van der Waals surface area contributed by atoms with Crippen molar-refractivity contribution in [2.24, 2.45) is 0 Å². The summed E-state index contributed by atoms with van der Waals surface area (Å²) in [5.41, 5.74) is 1.24. The summed E-state index contributed by atoms with van der Waals surface area (Å²) in [7, 11) is -2.85. The fourth-order valence-electron chi connectivity index (χ4n) is 2.05. The van der Waals surface area contributed by atoms with Crippen LogP contribution in [0, 0.1) is 3.57 Å². The quantitative estimate of drug-likeness (QED) is 0.635. The highest BCUT2D eigenvalue weighted by atomic mass is 127. The van der Waals surface area contributed by atoms with E-state index in [9.17, 15) is 8.42 Å². The van der Waals surface area contributed by atoms with Gasteiger partial charge in [0.1, 0.15) is 9.84 Å². The summed E-state index contributed by atoms with van der Waals surface area (Å²) in [6.45, 7) is 4.80. The molecular weight excluding hydrogens is 385 g/mol. The third kappa shape index (κ3) is 6.54. The highest BCUT2D eigenvalue weighted by Crippen LogP contribution is 2.20. The Morgan fingerprint density at radius 3 is 2.40 bits per heavy atom. The maximum Gasteiger partial charge on any atom is 0.150 e. The summed E-state index contributed by atoms with van der Waals surface area (Å²) < 4.78 is 24.3. The molecule has 1 N–H and O–H groups in total. The van der Waals surface area contributed by atoms with Crippen molar-refractivity contribution < 1.29 is 8.42 Å².